The standard InChI is InChI=1S/C15H19NO5/c1-3-21-15(20)11-6-4-5-7-12(11)16-13(17)8-10(2)9-14(18)19/h4-7,10H,3,8-9H2,1-2H3,(H,16,17)(H,18,19)/p-1. The molecule has 0 fully saturated rings. The van der Waals surface area contributed by atoms with Crippen LogP contribution in [0.4, 0.5) is 5.69 Å². The van der Waals surface area contributed by atoms with E-state index in [9.17, 15) is 19.5 Å². The number of carbonyl (C=O) groups is 3. The quantitative estimate of drug-likeness (QED) is 0.755. The van der Waals surface area contributed by atoms with Crippen molar-refractivity contribution in [3.8, 4) is 0 Å². The molecule has 1 aromatic carbocycles. The molecule has 0 saturated carbocycles. The molecule has 0 saturated heterocycles. The average Bonchev–Trinajstić information content (AvgIpc) is 2.38. The highest BCUT2D eigenvalue weighted by molar-refractivity contribution is 6.01. The van der Waals surface area contributed by atoms with Crippen LogP contribution in [0.25, 0.3) is 0 Å². The number of ether oxygens (including phenoxy) is 1. The van der Waals surface area contributed by atoms with Crippen LogP contribution in [0.1, 0.15) is 37.0 Å². The number of amides is 1. The molecule has 1 N–H and O–H groups in total. The fourth-order valence-corrected chi connectivity index (χ4v) is 1.85. The largest absolute Gasteiger partial charge is 0.550 e. The summed E-state index contributed by atoms with van der Waals surface area (Å²) >= 11 is 0. The van der Waals surface area contributed by atoms with Gasteiger partial charge in [-0.1, -0.05) is 19.1 Å². The zero-order valence-corrected chi connectivity index (χ0v) is 12.0. The topological polar surface area (TPSA) is 95.5 Å². The van der Waals surface area contributed by atoms with Gasteiger partial charge in [0.05, 0.1) is 17.9 Å². The molecular weight excluding hydrogens is 274 g/mol. The molecule has 1 unspecified atom stereocenters. The van der Waals surface area contributed by atoms with Crippen molar-refractivity contribution in [1.29, 1.82) is 0 Å². The first-order valence-electron chi connectivity index (χ1n) is 6.69. The third-order valence-corrected chi connectivity index (χ3v) is 2.75. The lowest BCUT2D eigenvalue weighted by Crippen LogP contribution is -2.26. The zero-order valence-electron chi connectivity index (χ0n) is 12.0. The van der Waals surface area contributed by atoms with Crippen LogP contribution in [0.3, 0.4) is 0 Å². The van der Waals surface area contributed by atoms with Gasteiger partial charge in [-0.25, -0.2) is 4.79 Å². The Morgan fingerprint density at radius 2 is 1.90 bits per heavy atom. The first-order valence-corrected chi connectivity index (χ1v) is 6.69. The number of hydrogen-bond acceptors (Lipinski definition) is 5. The van der Waals surface area contributed by atoms with Gasteiger partial charge >= 0.3 is 5.97 Å². The molecule has 6 nitrogen and oxygen atoms in total. The molecular formula is C15H18NO5-. The van der Waals surface area contributed by atoms with E-state index in [1.807, 2.05) is 0 Å². The number of carbonyl (C=O) groups excluding carboxylic acids is 3. The van der Waals surface area contributed by atoms with Crippen LogP contribution in [0.15, 0.2) is 24.3 Å². The van der Waals surface area contributed by atoms with Crippen LogP contribution in [0, 0.1) is 5.92 Å². The number of benzene rings is 1. The van der Waals surface area contributed by atoms with Crippen LogP contribution < -0.4 is 10.4 Å². The molecule has 0 aliphatic heterocycles. The van der Waals surface area contributed by atoms with Gasteiger partial charge in [-0.3, -0.25) is 4.79 Å². The Balaban J connectivity index is 2.72. The minimum Gasteiger partial charge on any atom is -0.550 e. The Hall–Kier alpha value is -2.37. The molecule has 0 spiro atoms. The molecule has 0 bridgehead atoms. The first kappa shape index (κ1) is 16.7. The molecule has 114 valence electrons. The van der Waals surface area contributed by atoms with Gasteiger partial charge in [0.15, 0.2) is 0 Å². The van der Waals surface area contributed by atoms with Crippen LogP contribution in [0.5, 0.6) is 0 Å². The van der Waals surface area contributed by atoms with Crippen LogP contribution >= 0.6 is 0 Å². The fraction of sp³-hybridized carbons (Fsp3) is 0.400. The predicted molar refractivity (Wildman–Crippen MR) is 74.4 cm³/mol. The third kappa shape index (κ3) is 5.64. The average molecular weight is 292 g/mol. The minimum atomic E-state index is -1.19. The molecule has 0 aliphatic carbocycles. The zero-order chi connectivity index (χ0) is 15.8. The lowest BCUT2D eigenvalue weighted by Gasteiger charge is -2.13. The van der Waals surface area contributed by atoms with E-state index in [1.165, 1.54) is 0 Å². The van der Waals surface area contributed by atoms with Gasteiger partial charge in [0.1, 0.15) is 0 Å². The SMILES string of the molecule is CCOC(=O)c1ccccc1NC(=O)CC(C)CC(=O)[O-]. The smallest absolute Gasteiger partial charge is 0.340 e. The molecule has 1 amide bonds. The molecule has 0 radical (unpaired) electrons. The number of hydrogen-bond donors (Lipinski definition) is 1. The van der Waals surface area contributed by atoms with E-state index in [0.717, 1.165) is 0 Å². The molecule has 1 atom stereocenters. The maximum Gasteiger partial charge on any atom is 0.340 e. The lowest BCUT2D eigenvalue weighted by molar-refractivity contribution is -0.306. The van der Waals surface area contributed by atoms with E-state index in [0.29, 0.717) is 5.69 Å². The van der Waals surface area contributed by atoms with Gasteiger partial charge < -0.3 is 20.0 Å². The summed E-state index contributed by atoms with van der Waals surface area (Å²) in [7, 11) is 0. The number of carboxylic acid groups (broad SMARTS) is 1. The highest BCUT2D eigenvalue weighted by atomic mass is 16.5. The van der Waals surface area contributed by atoms with Crippen LogP contribution in [-0.4, -0.2) is 24.5 Å². The molecule has 0 heterocycles. The number of rotatable bonds is 7. The normalized spacial score (nSPS) is 11.5. The van der Waals surface area contributed by atoms with Crippen LogP contribution in [0.2, 0.25) is 0 Å². The summed E-state index contributed by atoms with van der Waals surface area (Å²) in [5, 5.41) is 13.1. The fourth-order valence-electron chi connectivity index (χ4n) is 1.85. The van der Waals surface area contributed by atoms with Gasteiger partial charge in [0.2, 0.25) is 5.91 Å². The Morgan fingerprint density at radius 3 is 2.52 bits per heavy atom. The number of carboxylic acids is 1. The van der Waals surface area contributed by atoms with E-state index < -0.39 is 11.9 Å². The number of anilines is 1. The van der Waals surface area contributed by atoms with Crippen molar-refractivity contribution in [2.24, 2.45) is 5.92 Å². The first-order chi connectivity index (χ1) is 9.93. The second kappa shape index (κ2) is 8.04. The van der Waals surface area contributed by atoms with Crippen LogP contribution in [-0.2, 0) is 14.3 Å². The number of nitrogens with one attached hydrogen (secondary N) is 1. The number of esters is 1. The summed E-state index contributed by atoms with van der Waals surface area (Å²) < 4.78 is 4.91. The molecule has 0 aromatic heterocycles. The van der Waals surface area contributed by atoms with Gasteiger partial charge in [0, 0.05) is 12.4 Å². The van der Waals surface area contributed by atoms with E-state index >= 15 is 0 Å². The van der Waals surface area contributed by atoms with E-state index in [4.69, 9.17) is 4.74 Å². The maximum atomic E-state index is 11.9. The molecule has 1 rings (SSSR count). The third-order valence-electron chi connectivity index (χ3n) is 2.75. The second-order valence-corrected chi connectivity index (χ2v) is 4.70. The Kier molecular flexibility index (Phi) is 6.39. The van der Waals surface area contributed by atoms with Gasteiger partial charge in [-0.15, -0.1) is 0 Å². The summed E-state index contributed by atoms with van der Waals surface area (Å²) in [6, 6.07) is 6.50. The lowest BCUT2D eigenvalue weighted by atomic mass is 10.0. The molecule has 1 aromatic rings. The Labute approximate surface area is 123 Å². The number of para-hydroxylation sites is 1. The summed E-state index contributed by atoms with van der Waals surface area (Å²) in [6.07, 6.45) is -0.155. The number of aliphatic carboxylic acids is 1. The molecule has 0 aliphatic rings. The minimum absolute atomic E-state index is 0.0329. The van der Waals surface area contributed by atoms with Crippen molar-refractivity contribution in [2.45, 2.75) is 26.7 Å². The van der Waals surface area contributed by atoms with E-state index in [2.05, 4.69) is 5.32 Å². The predicted octanol–water partition coefficient (Wildman–Crippen LogP) is 0.968. The monoisotopic (exact) mass is 292 g/mol. The van der Waals surface area contributed by atoms with Crippen molar-refractivity contribution >= 4 is 23.5 Å². The summed E-state index contributed by atoms with van der Waals surface area (Å²) in [5.41, 5.74) is 0.613. The van der Waals surface area contributed by atoms with Crippen molar-refractivity contribution in [1.82, 2.24) is 0 Å². The van der Waals surface area contributed by atoms with Crippen molar-refractivity contribution in [3.05, 3.63) is 29.8 Å². The Morgan fingerprint density at radius 1 is 1.24 bits per heavy atom. The van der Waals surface area contributed by atoms with Crippen molar-refractivity contribution in [3.63, 3.8) is 0 Å². The summed E-state index contributed by atoms with van der Waals surface area (Å²) in [4.78, 5) is 34.1. The van der Waals surface area contributed by atoms with E-state index in [1.54, 1.807) is 38.1 Å². The molecule has 6 heteroatoms. The highest BCUT2D eigenvalue weighted by Gasteiger charge is 2.15. The highest BCUT2D eigenvalue weighted by Crippen LogP contribution is 2.17. The summed E-state index contributed by atoms with van der Waals surface area (Å²) in [5.74, 6) is -2.41. The van der Waals surface area contributed by atoms with E-state index in [-0.39, 0.29) is 36.8 Å². The van der Waals surface area contributed by atoms with Gasteiger partial charge in [-0.05, 0) is 31.4 Å². The second-order valence-electron chi connectivity index (χ2n) is 4.70. The van der Waals surface area contributed by atoms with Crippen molar-refractivity contribution < 1.29 is 24.2 Å². The maximum absolute atomic E-state index is 11.9. The van der Waals surface area contributed by atoms with Gasteiger partial charge in [0.25, 0.3) is 0 Å². The summed E-state index contributed by atoms with van der Waals surface area (Å²) in [6.45, 7) is 3.58. The van der Waals surface area contributed by atoms with Crippen molar-refractivity contribution in [2.75, 3.05) is 11.9 Å². The molecule has 21 heavy (non-hydrogen) atoms. The van der Waals surface area contributed by atoms with Gasteiger partial charge in [-0.2, -0.15) is 0 Å². The Bertz CT molecular complexity index is 527.